The Hall–Kier alpha value is -2.74. The summed E-state index contributed by atoms with van der Waals surface area (Å²) in [5, 5.41) is 14.6. The minimum absolute atomic E-state index is 0.153. The second-order valence-electron chi connectivity index (χ2n) is 7.14. The van der Waals surface area contributed by atoms with Gasteiger partial charge in [-0.2, -0.15) is 0 Å². The molecule has 2 rings (SSSR count). The van der Waals surface area contributed by atoms with Crippen LogP contribution in [0.25, 0.3) is 0 Å². The predicted octanol–water partition coefficient (Wildman–Crippen LogP) is 1.09. The lowest BCUT2D eigenvalue weighted by atomic mass is 9.98. The van der Waals surface area contributed by atoms with Gasteiger partial charge in [-0.05, 0) is 37.3 Å². The van der Waals surface area contributed by atoms with Crippen molar-refractivity contribution < 1.29 is 24.3 Å². The standard InChI is InChI=1S/C20H27N3O5/c1-13(2)17(16(25)12-24)23-19(27)15(22-20(23)28)10-6-7-11-21-18(26)14-8-4-3-5-9-14/h3-5,8-9,13,15,17,24H,6-7,10-12H2,1-2H3,(H,21,26)(H,22,28)/t15-,17+/m0/s1. The molecule has 3 N–H and O–H groups in total. The molecule has 1 heterocycles. The van der Waals surface area contributed by atoms with E-state index in [0.29, 0.717) is 31.4 Å². The lowest BCUT2D eigenvalue weighted by molar-refractivity contribution is -0.137. The summed E-state index contributed by atoms with van der Waals surface area (Å²) in [5.41, 5.74) is 0.588. The zero-order valence-electron chi connectivity index (χ0n) is 16.2. The maximum Gasteiger partial charge on any atom is 0.325 e. The molecule has 8 nitrogen and oxygen atoms in total. The van der Waals surface area contributed by atoms with Crippen molar-refractivity contribution in [1.82, 2.24) is 15.5 Å². The minimum atomic E-state index is -0.965. The number of urea groups is 1. The van der Waals surface area contributed by atoms with E-state index in [1.807, 2.05) is 6.07 Å². The van der Waals surface area contributed by atoms with Crippen LogP contribution in [0.5, 0.6) is 0 Å². The van der Waals surface area contributed by atoms with Crippen molar-refractivity contribution in [3.05, 3.63) is 35.9 Å². The average molecular weight is 389 g/mol. The summed E-state index contributed by atoms with van der Waals surface area (Å²) in [6.45, 7) is 3.19. The molecule has 1 aromatic carbocycles. The first kappa shape index (κ1) is 21.6. The highest BCUT2D eigenvalue weighted by Crippen LogP contribution is 2.20. The van der Waals surface area contributed by atoms with Gasteiger partial charge in [0.05, 0.1) is 0 Å². The Kier molecular flexibility index (Phi) is 7.69. The number of rotatable bonds is 10. The van der Waals surface area contributed by atoms with E-state index in [1.165, 1.54) is 0 Å². The van der Waals surface area contributed by atoms with Gasteiger partial charge >= 0.3 is 6.03 Å². The number of carbonyl (C=O) groups excluding carboxylic acids is 4. The molecule has 1 saturated heterocycles. The molecule has 152 valence electrons. The Bertz CT molecular complexity index is 720. The molecule has 1 aliphatic rings. The Morgan fingerprint density at radius 3 is 2.46 bits per heavy atom. The number of imide groups is 1. The topological polar surface area (TPSA) is 116 Å². The van der Waals surface area contributed by atoms with Crippen molar-refractivity contribution in [2.24, 2.45) is 5.92 Å². The maximum absolute atomic E-state index is 12.6. The summed E-state index contributed by atoms with van der Waals surface area (Å²) in [5.74, 6) is -1.44. The molecule has 0 aliphatic carbocycles. The monoisotopic (exact) mass is 389 g/mol. The summed E-state index contributed by atoms with van der Waals surface area (Å²) in [7, 11) is 0. The van der Waals surface area contributed by atoms with Gasteiger partial charge in [0.15, 0.2) is 5.78 Å². The SMILES string of the molecule is CC(C)[C@H](C(=O)CO)N1C(=O)N[C@@H](CCCCNC(=O)c2ccccc2)C1=O. The first-order valence-corrected chi connectivity index (χ1v) is 9.47. The minimum Gasteiger partial charge on any atom is -0.388 e. The van der Waals surface area contributed by atoms with Gasteiger partial charge in [-0.1, -0.05) is 32.0 Å². The number of nitrogens with zero attached hydrogens (tertiary/aromatic N) is 1. The normalized spacial score (nSPS) is 17.6. The first-order valence-electron chi connectivity index (χ1n) is 9.47. The molecule has 1 fully saturated rings. The highest BCUT2D eigenvalue weighted by atomic mass is 16.3. The number of ketones is 1. The second-order valence-corrected chi connectivity index (χ2v) is 7.14. The Morgan fingerprint density at radius 1 is 1.18 bits per heavy atom. The lowest BCUT2D eigenvalue weighted by Crippen LogP contribution is -2.49. The van der Waals surface area contributed by atoms with E-state index in [2.05, 4.69) is 10.6 Å². The molecule has 1 aromatic rings. The van der Waals surface area contributed by atoms with Crippen molar-refractivity contribution in [1.29, 1.82) is 0 Å². The Morgan fingerprint density at radius 2 is 1.86 bits per heavy atom. The Labute approximate surface area is 164 Å². The quantitative estimate of drug-likeness (QED) is 0.409. The van der Waals surface area contributed by atoms with Crippen LogP contribution in [0.4, 0.5) is 4.79 Å². The van der Waals surface area contributed by atoms with Crippen LogP contribution in [-0.4, -0.2) is 58.9 Å². The van der Waals surface area contributed by atoms with Gasteiger partial charge in [-0.25, -0.2) is 4.79 Å². The fourth-order valence-corrected chi connectivity index (χ4v) is 3.28. The van der Waals surface area contributed by atoms with E-state index in [1.54, 1.807) is 38.1 Å². The molecule has 8 heteroatoms. The largest absolute Gasteiger partial charge is 0.388 e. The van der Waals surface area contributed by atoms with Crippen LogP contribution in [0.15, 0.2) is 30.3 Å². The van der Waals surface area contributed by atoms with Gasteiger partial charge in [-0.3, -0.25) is 19.3 Å². The molecule has 0 radical (unpaired) electrons. The molecule has 0 aromatic heterocycles. The predicted molar refractivity (Wildman–Crippen MR) is 103 cm³/mol. The van der Waals surface area contributed by atoms with Gasteiger partial charge in [-0.15, -0.1) is 0 Å². The van der Waals surface area contributed by atoms with E-state index in [-0.39, 0.29) is 11.8 Å². The van der Waals surface area contributed by atoms with Crippen LogP contribution in [-0.2, 0) is 9.59 Å². The lowest BCUT2D eigenvalue weighted by Gasteiger charge is -2.26. The molecule has 0 unspecified atom stereocenters. The van der Waals surface area contributed by atoms with Crippen molar-refractivity contribution in [3.8, 4) is 0 Å². The summed E-state index contributed by atoms with van der Waals surface area (Å²) < 4.78 is 0. The van der Waals surface area contributed by atoms with Crippen LogP contribution in [0.3, 0.4) is 0 Å². The summed E-state index contributed by atoms with van der Waals surface area (Å²) in [6, 6.07) is 6.63. The van der Waals surface area contributed by atoms with Crippen LogP contribution in [0.2, 0.25) is 0 Å². The number of hydrogen-bond donors (Lipinski definition) is 3. The fraction of sp³-hybridized carbons (Fsp3) is 0.500. The first-order chi connectivity index (χ1) is 13.4. The van der Waals surface area contributed by atoms with E-state index in [9.17, 15) is 19.2 Å². The summed E-state index contributed by atoms with van der Waals surface area (Å²) >= 11 is 0. The highest BCUT2D eigenvalue weighted by Gasteiger charge is 2.44. The van der Waals surface area contributed by atoms with Crippen molar-refractivity contribution in [2.75, 3.05) is 13.2 Å². The van der Waals surface area contributed by atoms with Crippen molar-refractivity contribution in [3.63, 3.8) is 0 Å². The number of aliphatic hydroxyl groups excluding tert-OH is 1. The number of carbonyl (C=O) groups is 4. The number of unbranched alkanes of at least 4 members (excludes halogenated alkanes) is 1. The zero-order valence-corrected chi connectivity index (χ0v) is 16.2. The maximum atomic E-state index is 12.6. The number of benzene rings is 1. The number of Topliss-reactive ketones (excluding diaryl/α,β-unsaturated/α-hetero) is 1. The molecule has 0 saturated carbocycles. The number of aliphatic hydroxyl groups is 1. The van der Waals surface area contributed by atoms with Crippen LogP contribution in [0, 0.1) is 5.92 Å². The van der Waals surface area contributed by atoms with Gasteiger partial charge in [0.2, 0.25) is 0 Å². The third-order valence-electron chi connectivity index (χ3n) is 4.69. The number of nitrogens with one attached hydrogen (secondary N) is 2. The van der Waals surface area contributed by atoms with Gasteiger partial charge in [0, 0.05) is 12.1 Å². The van der Waals surface area contributed by atoms with E-state index < -0.39 is 36.4 Å². The second kappa shape index (κ2) is 9.98. The van der Waals surface area contributed by atoms with E-state index in [4.69, 9.17) is 5.11 Å². The van der Waals surface area contributed by atoms with Crippen molar-refractivity contribution >= 4 is 23.6 Å². The molecule has 4 amide bonds. The molecule has 0 bridgehead atoms. The van der Waals surface area contributed by atoms with Crippen LogP contribution >= 0.6 is 0 Å². The van der Waals surface area contributed by atoms with Gasteiger partial charge in [0.25, 0.3) is 11.8 Å². The number of amides is 4. The van der Waals surface area contributed by atoms with Gasteiger partial charge < -0.3 is 15.7 Å². The highest BCUT2D eigenvalue weighted by molar-refractivity contribution is 6.07. The van der Waals surface area contributed by atoms with Crippen LogP contribution in [0.1, 0.15) is 43.5 Å². The van der Waals surface area contributed by atoms with E-state index >= 15 is 0 Å². The molecular weight excluding hydrogens is 362 g/mol. The molecule has 28 heavy (non-hydrogen) atoms. The molecule has 2 atom stereocenters. The smallest absolute Gasteiger partial charge is 0.325 e. The Balaban J connectivity index is 1.80. The number of hydrogen-bond acceptors (Lipinski definition) is 5. The van der Waals surface area contributed by atoms with Crippen molar-refractivity contribution in [2.45, 2.75) is 45.2 Å². The third kappa shape index (κ3) is 5.16. The van der Waals surface area contributed by atoms with E-state index in [0.717, 1.165) is 4.90 Å². The van der Waals surface area contributed by atoms with Gasteiger partial charge in [0.1, 0.15) is 18.7 Å². The molecular formula is C20H27N3O5. The zero-order chi connectivity index (χ0) is 20.7. The van der Waals surface area contributed by atoms with Crippen LogP contribution < -0.4 is 10.6 Å². The average Bonchev–Trinajstić information content (AvgIpc) is 2.96. The third-order valence-corrected chi connectivity index (χ3v) is 4.69. The summed E-state index contributed by atoms with van der Waals surface area (Å²) in [4.78, 5) is 49.6. The molecule has 1 aliphatic heterocycles. The molecule has 0 spiro atoms. The fourth-order valence-electron chi connectivity index (χ4n) is 3.28. The summed E-state index contributed by atoms with van der Waals surface area (Å²) in [6.07, 6.45) is 1.70.